The number of imidazole rings is 1. The summed E-state index contributed by atoms with van der Waals surface area (Å²) in [4.78, 5) is 7.91. The minimum Gasteiger partial charge on any atom is -0.338 e. The zero-order chi connectivity index (χ0) is 11.1. The lowest BCUT2D eigenvalue weighted by molar-refractivity contribution is 1.05. The molecular weight excluding hydrogens is 200 g/mol. The minimum atomic E-state index is 0.871. The Morgan fingerprint density at radius 1 is 1.19 bits per heavy atom. The van der Waals surface area contributed by atoms with Crippen LogP contribution in [0.15, 0.2) is 24.4 Å². The van der Waals surface area contributed by atoms with Gasteiger partial charge in [0.05, 0.1) is 22.8 Å². The van der Waals surface area contributed by atoms with Gasteiger partial charge in [0.15, 0.2) is 0 Å². The van der Waals surface area contributed by atoms with Crippen LogP contribution in [0.25, 0.3) is 22.4 Å². The lowest BCUT2D eigenvalue weighted by Gasteiger charge is -1.91. The Balaban J connectivity index is 2.27. The number of aromatic amines is 2. The second-order valence-corrected chi connectivity index (χ2v) is 3.97. The summed E-state index contributed by atoms with van der Waals surface area (Å²) in [6.07, 6.45) is 1.79. The molecule has 2 N–H and O–H groups in total. The van der Waals surface area contributed by atoms with Crippen LogP contribution in [0.4, 0.5) is 0 Å². The van der Waals surface area contributed by atoms with Crippen molar-refractivity contribution in [1.29, 1.82) is 0 Å². The molecule has 1 aromatic carbocycles. The first-order valence-corrected chi connectivity index (χ1v) is 5.21. The fourth-order valence-corrected chi connectivity index (χ4v) is 1.89. The minimum absolute atomic E-state index is 0.871. The number of hydrogen-bond donors (Lipinski definition) is 2. The number of benzene rings is 1. The summed E-state index contributed by atoms with van der Waals surface area (Å²) in [5.74, 6) is 0.871. The van der Waals surface area contributed by atoms with Crippen molar-refractivity contribution < 1.29 is 0 Å². The Kier molecular flexibility index (Phi) is 1.83. The topological polar surface area (TPSA) is 57.4 Å². The number of nitrogens with zero attached hydrogens (tertiary/aromatic N) is 2. The van der Waals surface area contributed by atoms with E-state index in [1.165, 1.54) is 5.56 Å². The van der Waals surface area contributed by atoms with Crippen LogP contribution in [0, 0.1) is 13.8 Å². The Hall–Kier alpha value is -2.10. The van der Waals surface area contributed by atoms with Gasteiger partial charge in [0.2, 0.25) is 0 Å². The maximum atomic E-state index is 4.60. The number of fused-ring (bicyclic) bond motifs is 1. The van der Waals surface area contributed by atoms with Crippen LogP contribution in [-0.2, 0) is 0 Å². The third-order valence-electron chi connectivity index (χ3n) is 2.80. The first-order chi connectivity index (χ1) is 7.75. The molecule has 4 nitrogen and oxygen atoms in total. The van der Waals surface area contributed by atoms with Crippen molar-refractivity contribution >= 4 is 11.0 Å². The quantitative estimate of drug-likeness (QED) is 0.651. The van der Waals surface area contributed by atoms with Gasteiger partial charge in [-0.1, -0.05) is 12.1 Å². The molecule has 3 aromatic rings. The molecule has 0 fully saturated rings. The van der Waals surface area contributed by atoms with Crippen LogP contribution in [0.2, 0.25) is 0 Å². The Labute approximate surface area is 92.7 Å². The third-order valence-corrected chi connectivity index (χ3v) is 2.80. The summed E-state index contributed by atoms with van der Waals surface area (Å²) in [6, 6.07) is 6.13. The predicted octanol–water partition coefficient (Wildman–Crippen LogP) is 2.57. The number of aromatic nitrogens is 4. The van der Waals surface area contributed by atoms with E-state index in [1.807, 2.05) is 19.1 Å². The van der Waals surface area contributed by atoms with E-state index in [-0.39, 0.29) is 0 Å². The zero-order valence-electron chi connectivity index (χ0n) is 9.20. The van der Waals surface area contributed by atoms with Gasteiger partial charge < -0.3 is 4.98 Å². The fourth-order valence-electron chi connectivity index (χ4n) is 1.89. The molecule has 80 valence electrons. The van der Waals surface area contributed by atoms with E-state index in [0.29, 0.717) is 0 Å². The highest BCUT2D eigenvalue weighted by atomic mass is 15.1. The van der Waals surface area contributed by atoms with E-state index in [4.69, 9.17) is 0 Å². The van der Waals surface area contributed by atoms with Gasteiger partial charge >= 0.3 is 0 Å². The molecule has 0 unspecified atom stereocenters. The predicted molar refractivity (Wildman–Crippen MR) is 63.1 cm³/mol. The maximum Gasteiger partial charge on any atom is 0.141 e. The van der Waals surface area contributed by atoms with Crippen molar-refractivity contribution in [3.63, 3.8) is 0 Å². The second kappa shape index (κ2) is 3.20. The summed E-state index contributed by atoms with van der Waals surface area (Å²) in [6.45, 7) is 4.05. The number of rotatable bonds is 1. The zero-order valence-corrected chi connectivity index (χ0v) is 9.20. The van der Waals surface area contributed by atoms with Crippen LogP contribution in [-0.4, -0.2) is 20.2 Å². The van der Waals surface area contributed by atoms with E-state index >= 15 is 0 Å². The van der Waals surface area contributed by atoms with Crippen LogP contribution in [0.5, 0.6) is 0 Å². The highest BCUT2D eigenvalue weighted by Gasteiger charge is 2.09. The maximum absolute atomic E-state index is 4.60. The van der Waals surface area contributed by atoms with Crippen molar-refractivity contribution in [2.24, 2.45) is 0 Å². The van der Waals surface area contributed by atoms with Gasteiger partial charge in [0, 0.05) is 5.69 Å². The summed E-state index contributed by atoms with van der Waals surface area (Å²) in [5, 5.41) is 6.92. The summed E-state index contributed by atoms with van der Waals surface area (Å²) >= 11 is 0. The van der Waals surface area contributed by atoms with E-state index in [1.54, 1.807) is 6.20 Å². The van der Waals surface area contributed by atoms with E-state index in [0.717, 1.165) is 28.1 Å². The van der Waals surface area contributed by atoms with Gasteiger partial charge in [-0.3, -0.25) is 5.10 Å². The SMILES string of the molecule is Cc1[nH]ncc1-c1nc2c(C)cccc2[nH]1. The average Bonchev–Trinajstić information content (AvgIpc) is 2.84. The van der Waals surface area contributed by atoms with Crippen LogP contribution in [0.1, 0.15) is 11.3 Å². The van der Waals surface area contributed by atoms with E-state index in [9.17, 15) is 0 Å². The summed E-state index contributed by atoms with van der Waals surface area (Å²) in [5.41, 5.74) is 5.32. The molecular formula is C12H12N4. The lowest BCUT2D eigenvalue weighted by atomic mass is 10.2. The number of nitrogens with one attached hydrogen (secondary N) is 2. The van der Waals surface area contributed by atoms with Crippen LogP contribution >= 0.6 is 0 Å². The molecule has 16 heavy (non-hydrogen) atoms. The third kappa shape index (κ3) is 1.23. The highest BCUT2D eigenvalue weighted by Crippen LogP contribution is 2.23. The van der Waals surface area contributed by atoms with Crippen molar-refractivity contribution in [1.82, 2.24) is 20.2 Å². The first-order valence-electron chi connectivity index (χ1n) is 5.21. The molecule has 0 radical (unpaired) electrons. The molecule has 2 heterocycles. The van der Waals surface area contributed by atoms with Crippen LogP contribution < -0.4 is 0 Å². The molecule has 0 aliphatic rings. The standard InChI is InChI=1S/C12H12N4/c1-7-4-3-5-10-11(7)15-12(14-10)9-6-13-16-8(9)2/h3-6H,1-2H3,(H,13,16)(H,14,15). The average molecular weight is 212 g/mol. The number of para-hydroxylation sites is 1. The molecule has 3 rings (SSSR count). The van der Waals surface area contributed by atoms with Gasteiger partial charge in [-0.25, -0.2) is 4.98 Å². The normalized spacial score (nSPS) is 11.1. The Bertz CT molecular complexity index is 648. The van der Waals surface area contributed by atoms with Crippen molar-refractivity contribution in [3.8, 4) is 11.4 Å². The Morgan fingerprint density at radius 2 is 2.06 bits per heavy atom. The summed E-state index contributed by atoms with van der Waals surface area (Å²) < 4.78 is 0. The molecule has 0 aliphatic carbocycles. The van der Waals surface area contributed by atoms with Crippen molar-refractivity contribution in [3.05, 3.63) is 35.7 Å². The monoisotopic (exact) mass is 212 g/mol. The molecule has 0 aliphatic heterocycles. The van der Waals surface area contributed by atoms with Crippen molar-refractivity contribution in [2.75, 3.05) is 0 Å². The molecule has 0 saturated heterocycles. The van der Waals surface area contributed by atoms with Crippen molar-refractivity contribution in [2.45, 2.75) is 13.8 Å². The molecule has 2 aromatic heterocycles. The molecule has 0 bridgehead atoms. The highest BCUT2D eigenvalue weighted by molar-refractivity contribution is 5.82. The first kappa shape index (κ1) is 9.15. The van der Waals surface area contributed by atoms with Gasteiger partial charge in [-0.05, 0) is 25.5 Å². The Morgan fingerprint density at radius 3 is 2.75 bits per heavy atom. The molecule has 4 heteroatoms. The van der Waals surface area contributed by atoms with E-state index < -0.39 is 0 Å². The largest absolute Gasteiger partial charge is 0.338 e. The second-order valence-electron chi connectivity index (χ2n) is 3.97. The molecule has 0 spiro atoms. The van der Waals surface area contributed by atoms with Crippen LogP contribution in [0.3, 0.4) is 0 Å². The smallest absolute Gasteiger partial charge is 0.141 e. The lowest BCUT2D eigenvalue weighted by Crippen LogP contribution is -1.80. The number of aryl methyl sites for hydroxylation is 2. The van der Waals surface area contributed by atoms with Gasteiger partial charge in [0.1, 0.15) is 5.82 Å². The molecule has 0 saturated carbocycles. The number of hydrogen-bond acceptors (Lipinski definition) is 2. The number of H-pyrrole nitrogens is 2. The van der Waals surface area contributed by atoms with Gasteiger partial charge in [0.25, 0.3) is 0 Å². The fraction of sp³-hybridized carbons (Fsp3) is 0.167. The van der Waals surface area contributed by atoms with Gasteiger partial charge in [-0.15, -0.1) is 0 Å². The van der Waals surface area contributed by atoms with E-state index in [2.05, 4.69) is 33.2 Å². The molecule has 0 atom stereocenters. The van der Waals surface area contributed by atoms with Gasteiger partial charge in [-0.2, -0.15) is 5.10 Å². The summed E-state index contributed by atoms with van der Waals surface area (Å²) in [7, 11) is 0. The molecule has 0 amide bonds.